The van der Waals surface area contributed by atoms with Crippen molar-refractivity contribution >= 4 is 76.5 Å². The summed E-state index contributed by atoms with van der Waals surface area (Å²) in [5, 5.41) is 28.4. The van der Waals surface area contributed by atoms with Crippen molar-refractivity contribution in [2.75, 3.05) is 0 Å². The predicted octanol–water partition coefficient (Wildman–Crippen LogP) is 5.94. The van der Waals surface area contributed by atoms with Crippen LogP contribution in [0.15, 0.2) is 49.5 Å². The molecule has 0 bridgehead atoms. The highest BCUT2D eigenvalue weighted by atomic mass is 79.9. The number of nitrogens with zero attached hydrogens (tertiary/aromatic N) is 5. The summed E-state index contributed by atoms with van der Waals surface area (Å²) in [6.45, 7) is 2.02. The Balaban J connectivity index is 1.60. The van der Waals surface area contributed by atoms with Crippen LogP contribution in [0.4, 0.5) is 11.6 Å². The smallest absolute Gasteiger partial charge is 0.289 e. The molecular formula is C18H11Br2N7O. The van der Waals surface area contributed by atoms with Crippen molar-refractivity contribution in [3.63, 3.8) is 0 Å². The SMILES string of the molecule is Cc1ccc2[nH]c3nc(N=Nc4c(O)[nH]c5c(Br)cc(Br)cc45)nnc3c2c1. The van der Waals surface area contributed by atoms with Crippen LogP contribution in [0.25, 0.3) is 33.0 Å². The second-order valence-electron chi connectivity index (χ2n) is 6.32. The first-order chi connectivity index (χ1) is 13.5. The summed E-state index contributed by atoms with van der Waals surface area (Å²) in [5.74, 6) is 0.00580. The summed E-state index contributed by atoms with van der Waals surface area (Å²) in [4.78, 5) is 10.5. The molecule has 0 spiro atoms. The van der Waals surface area contributed by atoms with Crippen LogP contribution in [-0.4, -0.2) is 30.3 Å². The molecule has 10 heteroatoms. The Bertz CT molecular complexity index is 1420. The lowest BCUT2D eigenvalue weighted by molar-refractivity contribution is 0.459. The number of aromatic nitrogens is 5. The number of aromatic amines is 2. The highest BCUT2D eigenvalue weighted by molar-refractivity contribution is 9.11. The van der Waals surface area contributed by atoms with Crippen molar-refractivity contribution in [1.29, 1.82) is 0 Å². The number of aromatic hydroxyl groups is 1. The summed E-state index contributed by atoms with van der Waals surface area (Å²) in [5.41, 5.74) is 4.34. The first-order valence-corrected chi connectivity index (χ1v) is 9.82. The molecule has 138 valence electrons. The Morgan fingerprint density at radius 3 is 2.71 bits per heavy atom. The van der Waals surface area contributed by atoms with E-state index in [1.54, 1.807) is 0 Å². The van der Waals surface area contributed by atoms with Gasteiger partial charge in [-0.2, -0.15) is 4.98 Å². The molecule has 5 rings (SSSR count). The maximum Gasteiger partial charge on any atom is 0.289 e. The molecule has 28 heavy (non-hydrogen) atoms. The minimum atomic E-state index is -0.0901. The first kappa shape index (κ1) is 17.3. The molecule has 0 atom stereocenters. The van der Waals surface area contributed by atoms with Crippen LogP contribution in [0.5, 0.6) is 5.88 Å². The van der Waals surface area contributed by atoms with Crippen LogP contribution in [-0.2, 0) is 0 Å². The maximum atomic E-state index is 10.2. The number of fused-ring (bicyclic) bond motifs is 4. The van der Waals surface area contributed by atoms with Gasteiger partial charge in [0.2, 0.25) is 5.88 Å². The van der Waals surface area contributed by atoms with Crippen LogP contribution in [0, 0.1) is 6.92 Å². The maximum absolute atomic E-state index is 10.2. The highest BCUT2D eigenvalue weighted by Crippen LogP contribution is 2.40. The number of benzene rings is 2. The van der Waals surface area contributed by atoms with Gasteiger partial charge in [0.25, 0.3) is 5.95 Å². The zero-order valence-corrected chi connectivity index (χ0v) is 17.5. The van der Waals surface area contributed by atoms with Crippen molar-refractivity contribution < 1.29 is 5.11 Å². The fourth-order valence-electron chi connectivity index (χ4n) is 3.11. The monoisotopic (exact) mass is 499 g/mol. The highest BCUT2D eigenvalue weighted by Gasteiger charge is 2.14. The van der Waals surface area contributed by atoms with Crippen molar-refractivity contribution in [1.82, 2.24) is 25.1 Å². The summed E-state index contributed by atoms with van der Waals surface area (Å²) >= 11 is 6.89. The molecule has 2 aromatic carbocycles. The molecule has 0 aliphatic heterocycles. The number of hydrogen-bond donors (Lipinski definition) is 3. The zero-order chi connectivity index (χ0) is 19.4. The van der Waals surface area contributed by atoms with E-state index in [4.69, 9.17) is 0 Å². The van der Waals surface area contributed by atoms with E-state index >= 15 is 0 Å². The normalized spacial score (nSPS) is 12.1. The number of H-pyrrole nitrogens is 2. The molecule has 0 radical (unpaired) electrons. The van der Waals surface area contributed by atoms with E-state index < -0.39 is 0 Å². The van der Waals surface area contributed by atoms with E-state index in [1.165, 1.54) is 0 Å². The summed E-state index contributed by atoms with van der Waals surface area (Å²) < 4.78 is 1.64. The van der Waals surface area contributed by atoms with Crippen LogP contribution in [0.1, 0.15) is 5.56 Å². The number of aryl methyl sites for hydroxylation is 1. The lowest BCUT2D eigenvalue weighted by Gasteiger charge is -1.96. The Morgan fingerprint density at radius 1 is 1.00 bits per heavy atom. The van der Waals surface area contributed by atoms with E-state index in [2.05, 4.69) is 67.2 Å². The molecule has 5 aromatic rings. The molecule has 0 amide bonds. The fourth-order valence-corrected chi connectivity index (χ4v) is 4.43. The number of hydrogen-bond acceptors (Lipinski definition) is 6. The lowest BCUT2D eigenvalue weighted by atomic mass is 10.2. The van der Waals surface area contributed by atoms with Gasteiger partial charge in [0.05, 0.1) is 5.52 Å². The molecule has 0 fully saturated rings. The number of azo groups is 1. The van der Waals surface area contributed by atoms with E-state index in [9.17, 15) is 5.11 Å². The zero-order valence-electron chi connectivity index (χ0n) is 14.3. The van der Waals surface area contributed by atoms with Crippen molar-refractivity contribution in [2.24, 2.45) is 10.2 Å². The van der Waals surface area contributed by atoms with Gasteiger partial charge in [-0.15, -0.1) is 20.4 Å². The fraction of sp³-hybridized carbons (Fsp3) is 0.0556. The third-order valence-corrected chi connectivity index (χ3v) is 5.46. The molecule has 0 saturated heterocycles. The molecule has 0 aliphatic rings. The number of halogens is 2. The number of nitrogens with one attached hydrogen (secondary N) is 2. The van der Waals surface area contributed by atoms with Gasteiger partial charge in [0.15, 0.2) is 11.3 Å². The Labute approximate surface area is 174 Å². The molecule has 3 aromatic heterocycles. The van der Waals surface area contributed by atoms with Gasteiger partial charge in [-0.1, -0.05) is 27.6 Å². The minimum absolute atomic E-state index is 0.0901. The van der Waals surface area contributed by atoms with Gasteiger partial charge in [-0.25, -0.2) is 0 Å². The van der Waals surface area contributed by atoms with E-state index in [0.29, 0.717) is 22.2 Å². The van der Waals surface area contributed by atoms with E-state index in [1.807, 2.05) is 37.3 Å². The van der Waals surface area contributed by atoms with E-state index in [0.717, 1.165) is 30.9 Å². The molecule has 0 saturated carbocycles. The first-order valence-electron chi connectivity index (χ1n) is 8.24. The van der Waals surface area contributed by atoms with Crippen LogP contribution in [0.3, 0.4) is 0 Å². The quantitative estimate of drug-likeness (QED) is 0.260. The Hall–Kier alpha value is -2.85. The molecule has 0 unspecified atom stereocenters. The topological polar surface area (TPSA) is 115 Å². The molecule has 0 aliphatic carbocycles. The van der Waals surface area contributed by atoms with Gasteiger partial charge in [-0.05, 0) is 47.1 Å². The second kappa shape index (κ2) is 6.35. The standard InChI is InChI=1S/C18H11Br2N7O/c1-7-2-3-12-9(4-7)14-16(21-12)23-18(26-24-14)27-25-15-10-5-8(19)6-11(20)13(10)22-17(15)28/h2-6,22,28H,1H3,(H,21,23,26). The van der Waals surface area contributed by atoms with Crippen LogP contribution >= 0.6 is 31.9 Å². The average molecular weight is 501 g/mol. The third-order valence-electron chi connectivity index (χ3n) is 4.38. The van der Waals surface area contributed by atoms with Crippen molar-refractivity contribution in [2.45, 2.75) is 6.92 Å². The van der Waals surface area contributed by atoms with Gasteiger partial charge in [0.1, 0.15) is 5.52 Å². The molecule has 3 N–H and O–H groups in total. The Kier molecular flexibility index (Phi) is 3.91. The summed E-state index contributed by atoms with van der Waals surface area (Å²) in [6.07, 6.45) is 0. The summed E-state index contributed by atoms with van der Waals surface area (Å²) in [6, 6.07) is 9.74. The van der Waals surface area contributed by atoms with Crippen LogP contribution < -0.4 is 0 Å². The Morgan fingerprint density at radius 2 is 1.86 bits per heavy atom. The second-order valence-corrected chi connectivity index (χ2v) is 8.09. The van der Waals surface area contributed by atoms with Gasteiger partial charge in [-0.3, -0.25) is 0 Å². The largest absolute Gasteiger partial charge is 0.493 e. The van der Waals surface area contributed by atoms with Gasteiger partial charge in [0, 0.05) is 25.2 Å². The number of rotatable bonds is 2. The van der Waals surface area contributed by atoms with Crippen LogP contribution in [0.2, 0.25) is 0 Å². The lowest BCUT2D eigenvalue weighted by Crippen LogP contribution is -1.86. The van der Waals surface area contributed by atoms with E-state index in [-0.39, 0.29) is 11.8 Å². The van der Waals surface area contributed by atoms with Crippen molar-refractivity contribution in [3.8, 4) is 5.88 Å². The minimum Gasteiger partial charge on any atom is -0.493 e. The predicted molar refractivity (Wildman–Crippen MR) is 113 cm³/mol. The summed E-state index contributed by atoms with van der Waals surface area (Å²) in [7, 11) is 0. The van der Waals surface area contributed by atoms with Gasteiger partial charge < -0.3 is 15.1 Å². The van der Waals surface area contributed by atoms with Crippen molar-refractivity contribution in [3.05, 3.63) is 44.8 Å². The third kappa shape index (κ3) is 2.76. The molecular weight excluding hydrogens is 490 g/mol. The molecule has 8 nitrogen and oxygen atoms in total. The average Bonchev–Trinajstić information content (AvgIpc) is 3.17. The van der Waals surface area contributed by atoms with Gasteiger partial charge >= 0.3 is 0 Å². The molecule has 3 heterocycles.